The molecule has 1 aromatic heterocycles. The Balaban J connectivity index is 2.11. The Bertz CT molecular complexity index is 517. The molecule has 0 aliphatic rings. The summed E-state index contributed by atoms with van der Waals surface area (Å²) in [5, 5.41) is 9.37. The third-order valence-corrected chi connectivity index (χ3v) is 3.76. The summed E-state index contributed by atoms with van der Waals surface area (Å²) < 4.78 is 5.55. The van der Waals surface area contributed by atoms with Crippen molar-refractivity contribution in [2.45, 2.75) is 4.90 Å². The Hall–Kier alpha value is -1.46. The number of aromatic carboxylic acids is 1. The lowest BCUT2D eigenvalue weighted by Crippen LogP contribution is -1.89. The average molecular weight is 266 g/mol. The third kappa shape index (κ3) is 3.01. The summed E-state index contributed by atoms with van der Waals surface area (Å²) in [6.07, 6.45) is 2.01. The van der Waals surface area contributed by atoms with Crippen molar-refractivity contribution in [3.8, 4) is 10.8 Å². The van der Waals surface area contributed by atoms with Crippen LogP contribution in [0, 0.1) is 0 Å². The molecule has 0 bridgehead atoms. The summed E-state index contributed by atoms with van der Waals surface area (Å²) in [5.41, 5.74) is 0. The second-order valence-electron chi connectivity index (χ2n) is 3.20. The lowest BCUT2D eigenvalue weighted by atomic mass is 10.3. The molecule has 0 spiro atoms. The van der Waals surface area contributed by atoms with Gasteiger partial charge in [0.25, 0.3) is 0 Å². The second kappa shape index (κ2) is 5.25. The van der Waals surface area contributed by atoms with E-state index in [-0.39, 0.29) is 4.88 Å². The van der Waals surface area contributed by atoms with Gasteiger partial charge in [-0.3, -0.25) is 0 Å². The third-order valence-electron chi connectivity index (χ3n) is 2.07. The number of rotatable bonds is 4. The molecule has 0 atom stereocenters. The molecule has 2 aromatic rings. The van der Waals surface area contributed by atoms with Crippen LogP contribution in [0.1, 0.15) is 9.67 Å². The van der Waals surface area contributed by atoms with Crippen LogP contribution in [0.4, 0.5) is 0 Å². The van der Waals surface area contributed by atoms with Gasteiger partial charge in [-0.25, -0.2) is 4.79 Å². The van der Waals surface area contributed by atoms with E-state index in [2.05, 4.69) is 0 Å². The maximum atomic E-state index is 10.7. The van der Waals surface area contributed by atoms with Crippen LogP contribution in [0.3, 0.4) is 0 Å². The van der Waals surface area contributed by atoms with Crippen molar-refractivity contribution >= 4 is 29.1 Å². The first-order valence-corrected chi connectivity index (χ1v) is 6.88. The number of ether oxygens (including phenoxy) is 1. The van der Waals surface area contributed by atoms with Crippen LogP contribution in [-0.2, 0) is 0 Å². The highest BCUT2D eigenvalue weighted by Crippen LogP contribution is 2.30. The topological polar surface area (TPSA) is 46.5 Å². The zero-order valence-electron chi connectivity index (χ0n) is 9.04. The molecule has 3 nitrogen and oxygen atoms in total. The molecule has 0 saturated heterocycles. The van der Waals surface area contributed by atoms with E-state index in [0.717, 1.165) is 16.2 Å². The van der Waals surface area contributed by atoms with E-state index in [1.165, 1.54) is 0 Å². The minimum absolute atomic E-state index is 0.278. The lowest BCUT2D eigenvalue weighted by Gasteiger charge is -2.02. The molecule has 2 rings (SSSR count). The molecule has 0 amide bonds. The Labute approximate surface area is 107 Å². The molecule has 17 heavy (non-hydrogen) atoms. The Morgan fingerprint density at radius 1 is 1.24 bits per heavy atom. The minimum Gasteiger partial charge on any atom is -0.477 e. The number of hydrogen-bond donors (Lipinski definition) is 1. The number of carbonyl (C=O) groups is 1. The molecule has 1 N–H and O–H groups in total. The van der Waals surface area contributed by atoms with E-state index in [1.54, 1.807) is 23.9 Å². The molecule has 88 valence electrons. The number of carboxylic acid groups (broad SMARTS) is 1. The Morgan fingerprint density at radius 2 is 1.94 bits per heavy atom. The van der Waals surface area contributed by atoms with Crippen LogP contribution >= 0.6 is 23.1 Å². The van der Waals surface area contributed by atoms with Gasteiger partial charge in [-0.1, -0.05) is 11.3 Å². The zero-order valence-corrected chi connectivity index (χ0v) is 10.7. The van der Waals surface area contributed by atoms with Crippen LogP contribution in [0.5, 0.6) is 10.8 Å². The summed E-state index contributed by atoms with van der Waals surface area (Å²) in [5.74, 6) is -0.218. The highest BCUT2D eigenvalue weighted by Gasteiger charge is 2.08. The van der Waals surface area contributed by atoms with E-state index in [4.69, 9.17) is 9.84 Å². The summed E-state index contributed by atoms with van der Waals surface area (Å²) in [7, 11) is 0. The lowest BCUT2D eigenvalue weighted by molar-refractivity contribution is 0.0702. The molecule has 5 heteroatoms. The number of carboxylic acids is 1. The first-order chi connectivity index (χ1) is 8.19. The molecular weight excluding hydrogens is 256 g/mol. The van der Waals surface area contributed by atoms with E-state index >= 15 is 0 Å². The summed E-state index contributed by atoms with van der Waals surface area (Å²) in [6, 6.07) is 10.9. The summed E-state index contributed by atoms with van der Waals surface area (Å²) in [6.45, 7) is 0. The quantitative estimate of drug-likeness (QED) is 0.851. The molecule has 0 unspecified atom stereocenters. The van der Waals surface area contributed by atoms with Crippen molar-refractivity contribution in [1.82, 2.24) is 0 Å². The highest BCUT2D eigenvalue weighted by molar-refractivity contribution is 7.98. The van der Waals surface area contributed by atoms with Crippen molar-refractivity contribution in [1.29, 1.82) is 0 Å². The van der Waals surface area contributed by atoms with E-state index in [0.29, 0.717) is 10.8 Å². The zero-order chi connectivity index (χ0) is 12.3. The maximum Gasteiger partial charge on any atom is 0.345 e. The highest BCUT2D eigenvalue weighted by atomic mass is 32.2. The first-order valence-electron chi connectivity index (χ1n) is 4.84. The molecule has 1 aromatic carbocycles. The number of hydrogen-bond acceptors (Lipinski definition) is 4. The number of benzene rings is 1. The van der Waals surface area contributed by atoms with Gasteiger partial charge in [0.05, 0.1) is 0 Å². The average Bonchev–Trinajstić information content (AvgIpc) is 2.79. The smallest absolute Gasteiger partial charge is 0.345 e. The molecule has 0 aliphatic carbocycles. The van der Waals surface area contributed by atoms with Gasteiger partial charge in [0.2, 0.25) is 0 Å². The maximum absolute atomic E-state index is 10.7. The predicted octanol–water partition coefficient (Wildman–Crippen LogP) is 3.96. The van der Waals surface area contributed by atoms with Gasteiger partial charge in [-0.15, -0.1) is 11.8 Å². The van der Waals surface area contributed by atoms with Crippen molar-refractivity contribution in [2.24, 2.45) is 0 Å². The Kier molecular flexibility index (Phi) is 3.71. The van der Waals surface area contributed by atoms with Crippen LogP contribution in [0.25, 0.3) is 0 Å². The van der Waals surface area contributed by atoms with Gasteiger partial charge in [0, 0.05) is 4.90 Å². The van der Waals surface area contributed by atoms with Crippen molar-refractivity contribution in [2.75, 3.05) is 6.26 Å². The summed E-state index contributed by atoms with van der Waals surface area (Å²) >= 11 is 2.78. The fourth-order valence-corrected chi connectivity index (χ4v) is 2.37. The number of thiophene rings is 1. The SMILES string of the molecule is CSc1ccc(Oc2ccc(C(=O)O)s2)cc1. The number of thioether (sulfide) groups is 1. The molecular formula is C12H10O3S2. The summed E-state index contributed by atoms with van der Waals surface area (Å²) in [4.78, 5) is 12.1. The van der Waals surface area contributed by atoms with E-state index < -0.39 is 5.97 Å². The largest absolute Gasteiger partial charge is 0.477 e. The standard InChI is InChI=1S/C12H10O3S2/c1-16-9-4-2-8(3-5-9)15-11-7-6-10(17-11)12(13)14/h2-7H,1H3,(H,13,14). The van der Waals surface area contributed by atoms with Crippen LogP contribution in [0.2, 0.25) is 0 Å². The Morgan fingerprint density at radius 3 is 2.47 bits per heavy atom. The van der Waals surface area contributed by atoms with Crippen LogP contribution in [0.15, 0.2) is 41.3 Å². The molecule has 0 fully saturated rings. The molecule has 0 aliphatic heterocycles. The van der Waals surface area contributed by atoms with E-state index in [9.17, 15) is 4.79 Å². The van der Waals surface area contributed by atoms with Gasteiger partial charge in [0.1, 0.15) is 10.6 Å². The first kappa shape index (κ1) is 12.0. The normalized spacial score (nSPS) is 10.2. The fraction of sp³-hybridized carbons (Fsp3) is 0.0833. The van der Waals surface area contributed by atoms with Gasteiger partial charge in [-0.05, 0) is 42.7 Å². The van der Waals surface area contributed by atoms with Crippen molar-refractivity contribution in [3.05, 3.63) is 41.3 Å². The van der Waals surface area contributed by atoms with Gasteiger partial charge < -0.3 is 9.84 Å². The predicted molar refractivity (Wildman–Crippen MR) is 69.6 cm³/mol. The van der Waals surface area contributed by atoms with Gasteiger partial charge >= 0.3 is 5.97 Å². The van der Waals surface area contributed by atoms with Crippen LogP contribution < -0.4 is 4.74 Å². The second-order valence-corrected chi connectivity index (χ2v) is 5.13. The minimum atomic E-state index is -0.928. The fourth-order valence-electron chi connectivity index (χ4n) is 1.25. The molecule has 0 saturated carbocycles. The van der Waals surface area contributed by atoms with Crippen molar-refractivity contribution in [3.63, 3.8) is 0 Å². The monoisotopic (exact) mass is 266 g/mol. The van der Waals surface area contributed by atoms with Gasteiger partial charge in [-0.2, -0.15) is 0 Å². The van der Waals surface area contributed by atoms with E-state index in [1.807, 2.05) is 30.5 Å². The molecule has 0 radical (unpaired) electrons. The molecule has 1 heterocycles. The van der Waals surface area contributed by atoms with Crippen molar-refractivity contribution < 1.29 is 14.6 Å². The van der Waals surface area contributed by atoms with Gasteiger partial charge in [0.15, 0.2) is 5.06 Å². The van der Waals surface area contributed by atoms with Crippen LogP contribution in [-0.4, -0.2) is 17.3 Å².